The highest BCUT2D eigenvalue weighted by Gasteiger charge is 2.37. The van der Waals surface area contributed by atoms with E-state index in [2.05, 4.69) is 10.5 Å². The minimum atomic E-state index is -0.752. The predicted octanol–water partition coefficient (Wildman–Crippen LogP) is 1.57. The maximum atomic E-state index is 11.5. The Morgan fingerprint density at radius 3 is 2.47 bits per heavy atom. The van der Waals surface area contributed by atoms with Gasteiger partial charge in [0.15, 0.2) is 5.84 Å². The van der Waals surface area contributed by atoms with Crippen LogP contribution in [0, 0.1) is 0 Å². The number of nitrogens with zero attached hydrogens (tertiary/aromatic N) is 1. The van der Waals surface area contributed by atoms with Gasteiger partial charge in [-0.3, -0.25) is 0 Å². The van der Waals surface area contributed by atoms with E-state index in [0.29, 0.717) is 19.4 Å². The lowest BCUT2D eigenvalue weighted by Crippen LogP contribution is -2.57. The third-order valence-electron chi connectivity index (χ3n) is 3.17. The van der Waals surface area contributed by atoms with E-state index in [1.54, 1.807) is 6.92 Å². The van der Waals surface area contributed by atoms with Crippen molar-refractivity contribution in [3.8, 4) is 0 Å². The second-order valence-corrected chi connectivity index (χ2v) is 4.33. The van der Waals surface area contributed by atoms with E-state index in [-0.39, 0.29) is 5.84 Å². The van der Waals surface area contributed by atoms with Gasteiger partial charge in [0, 0.05) is 0 Å². The summed E-state index contributed by atoms with van der Waals surface area (Å²) < 4.78 is 4.86. The molecule has 1 saturated carbocycles. The number of nitrogens with two attached hydrogens (primary N) is 1. The number of rotatable bonds is 3. The molecule has 0 aliphatic heterocycles. The van der Waals surface area contributed by atoms with E-state index in [9.17, 15) is 4.79 Å². The zero-order valence-electron chi connectivity index (χ0n) is 10.2. The number of ether oxygens (including phenoxy) is 1. The molecule has 0 bridgehead atoms. The molecule has 0 spiro atoms. The van der Waals surface area contributed by atoms with Crippen molar-refractivity contribution in [3.63, 3.8) is 0 Å². The molecule has 6 heteroatoms. The minimum absolute atomic E-state index is 0.0625. The summed E-state index contributed by atoms with van der Waals surface area (Å²) in [6.45, 7) is 2.04. The Balaban J connectivity index is 2.80. The van der Waals surface area contributed by atoms with Crippen molar-refractivity contribution in [2.24, 2.45) is 10.9 Å². The zero-order chi connectivity index (χ0) is 12.7. The molecule has 98 valence electrons. The van der Waals surface area contributed by atoms with Gasteiger partial charge in [-0.25, -0.2) is 4.79 Å². The fourth-order valence-electron chi connectivity index (χ4n) is 2.24. The van der Waals surface area contributed by atoms with Gasteiger partial charge in [0.25, 0.3) is 0 Å². The summed E-state index contributed by atoms with van der Waals surface area (Å²) >= 11 is 0. The number of oxime groups is 1. The van der Waals surface area contributed by atoms with Crippen LogP contribution in [-0.2, 0) is 4.74 Å². The first kappa shape index (κ1) is 13.6. The van der Waals surface area contributed by atoms with Crippen molar-refractivity contribution in [2.45, 2.75) is 51.0 Å². The first-order chi connectivity index (χ1) is 8.14. The first-order valence-corrected chi connectivity index (χ1v) is 6.07. The van der Waals surface area contributed by atoms with Crippen LogP contribution in [0.4, 0.5) is 4.79 Å². The number of carbonyl (C=O) groups excluding carboxylic acids is 1. The average molecular weight is 243 g/mol. The molecule has 0 unspecified atom stereocenters. The molecule has 1 amide bonds. The number of amidine groups is 1. The molecule has 4 N–H and O–H groups in total. The van der Waals surface area contributed by atoms with E-state index in [0.717, 1.165) is 25.7 Å². The zero-order valence-corrected chi connectivity index (χ0v) is 10.2. The Hall–Kier alpha value is -1.46. The Labute approximate surface area is 101 Å². The van der Waals surface area contributed by atoms with Crippen molar-refractivity contribution in [2.75, 3.05) is 6.61 Å². The van der Waals surface area contributed by atoms with Gasteiger partial charge in [-0.15, -0.1) is 0 Å². The van der Waals surface area contributed by atoms with E-state index < -0.39 is 11.6 Å². The molecule has 0 atom stereocenters. The summed E-state index contributed by atoms with van der Waals surface area (Å²) in [5.41, 5.74) is 4.97. The molecular weight excluding hydrogens is 222 g/mol. The van der Waals surface area contributed by atoms with Gasteiger partial charge in [-0.05, 0) is 19.8 Å². The monoisotopic (exact) mass is 243 g/mol. The van der Waals surface area contributed by atoms with Crippen molar-refractivity contribution in [3.05, 3.63) is 0 Å². The molecule has 0 radical (unpaired) electrons. The average Bonchev–Trinajstić information content (AvgIpc) is 2.55. The number of alkyl carbamates (subject to hydrolysis) is 1. The van der Waals surface area contributed by atoms with Crippen LogP contribution >= 0.6 is 0 Å². The Morgan fingerprint density at radius 1 is 1.41 bits per heavy atom. The highest BCUT2D eigenvalue weighted by Crippen LogP contribution is 2.27. The second-order valence-electron chi connectivity index (χ2n) is 4.33. The molecule has 0 aromatic carbocycles. The van der Waals surface area contributed by atoms with Crippen LogP contribution in [0.1, 0.15) is 45.4 Å². The number of hydrogen-bond donors (Lipinski definition) is 3. The van der Waals surface area contributed by atoms with Crippen LogP contribution in [-0.4, -0.2) is 29.3 Å². The quantitative estimate of drug-likeness (QED) is 0.230. The summed E-state index contributed by atoms with van der Waals surface area (Å²) in [5, 5.41) is 14.7. The number of carbonyl (C=O) groups is 1. The molecule has 1 fully saturated rings. The van der Waals surface area contributed by atoms with Crippen molar-refractivity contribution < 1.29 is 14.7 Å². The Morgan fingerprint density at radius 2 is 2.00 bits per heavy atom. The van der Waals surface area contributed by atoms with Gasteiger partial charge in [0.05, 0.1) is 6.61 Å². The van der Waals surface area contributed by atoms with E-state index in [1.165, 1.54) is 0 Å². The molecule has 0 aromatic rings. The lowest BCUT2D eigenvalue weighted by atomic mass is 9.89. The maximum Gasteiger partial charge on any atom is 0.407 e. The summed E-state index contributed by atoms with van der Waals surface area (Å²) in [6, 6.07) is 0. The van der Waals surface area contributed by atoms with E-state index >= 15 is 0 Å². The highest BCUT2D eigenvalue weighted by molar-refractivity contribution is 5.92. The van der Waals surface area contributed by atoms with Crippen LogP contribution in [0.25, 0.3) is 0 Å². The maximum absolute atomic E-state index is 11.5. The van der Waals surface area contributed by atoms with Crippen LogP contribution in [0.2, 0.25) is 0 Å². The largest absolute Gasteiger partial charge is 0.450 e. The molecule has 6 nitrogen and oxygen atoms in total. The number of nitrogens with one attached hydrogen (secondary N) is 1. The van der Waals surface area contributed by atoms with Crippen molar-refractivity contribution in [1.82, 2.24) is 5.32 Å². The lowest BCUT2D eigenvalue weighted by Gasteiger charge is -2.31. The second kappa shape index (κ2) is 6.32. The molecule has 0 saturated heterocycles. The number of amides is 1. The fourth-order valence-corrected chi connectivity index (χ4v) is 2.24. The SMILES string of the molecule is CCOC(=O)NC1(/C(N)=N/O)CCCCCC1. The third-order valence-corrected chi connectivity index (χ3v) is 3.17. The van der Waals surface area contributed by atoms with Gasteiger partial charge in [0.1, 0.15) is 5.54 Å². The molecule has 0 aromatic heterocycles. The van der Waals surface area contributed by atoms with Gasteiger partial charge >= 0.3 is 6.09 Å². The molecular formula is C11H21N3O3. The van der Waals surface area contributed by atoms with Gasteiger partial charge in [0.2, 0.25) is 0 Å². The normalized spacial score (nSPS) is 20.4. The standard InChI is InChI=1S/C11H21N3O3/c1-2-17-10(15)13-11(9(12)14-16)7-5-3-4-6-8-11/h16H,2-8H2,1H3,(H2,12,14)(H,13,15). The lowest BCUT2D eigenvalue weighted by molar-refractivity contribution is 0.142. The molecule has 1 aliphatic carbocycles. The van der Waals surface area contributed by atoms with Crippen LogP contribution in [0.5, 0.6) is 0 Å². The molecule has 1 rings (SSSR count). The summed E-state index contributed by atoms with van der Waals surface area (Å²) in [5.74, 6) is 0.0625. The molecule has 17 heavy (non-hydrogen) atoms. The summed E-state index contributed by atoms with van der Waals surface area (Å²) in [6.07, 6.45) is 4.95. The van der Waals surface area contributed by atoms with Crippen LogP contribution < -0.4 is 11.1 Å². The Bertz CT molecular complexity index is 284. The molecule has 0 heterocycles. The van der Waals surface area contributed by atoms with Crippen LogP contribution in [0.3, 0.4) is 0 Å². The molecule has 1 aliphatic rings. The summed E-state index contributed by atoms with van der Waals surface area (Å²) in [4.78, 5) is 11.5. The van der Waals surface area contributed by atoms with Crippen LogP contribution in [0.15, 0.2) is 5.16 Å². The minimum Gasteiger partial charge on any atom is -0.450 e. The fraction of sp³-hybridized carbons (Fsp3) is 0.818. The van der Waals surface area contributed by atoms with Crippen molar-refractivity contribution in [1.29, 1.82) is 0 Å². The van der Waals surface area contributed by atoms with Crippen molar-refractivity contribution >= 4 is 11.9 Å². The first-order valence-electron chi connectivity index (χ1n) is 6.07. The van der Waals surface area contributed by atoms with E-state index in [4.69, 9.17) is 15.7 Å². The van der Waals surface area contributed by atoms with E-state index in [1.807, 2.05) is 0 Å². The Kier molecular flexibility index (Phi) is 5.06. The topological polar surface area (TPSA) is 96.9 Å². The predicted molar refractivity (Wildman–Crippen MR) is 64.0 cm³/mol. The highest BCUT2D eigenvalue weighted by atomic mass is 16.5. The number of hydrogen-bond acceptors (Lipinski definition) is 4. The van der Waals surface area contributed by atoms with Gasteiger partial charge in [-0.1, -0.05) is 30.8 Å². The smallest absolute Gasteiger partial charge is 0.407 e. The third kappa shape index (κ3) is 3.51. The van der Waals surface area contributed by atoms with Gasteiger partial charge < -0.3 is 21.0 Å². The van der Waals surface area contributed by atoms with Gasteiger partial charge in [-0.2, -0.15) is 0 Å². The summed E-state index contributed by atoms with van der Waals surface area (Å²) in [7, 11) is 0.